The SMILES string of the molecule is CN(C)C(=O)CN(C)C(=O)N[C@H](C(=O)O)C(C)(C)C. The predicted molar refractivity (Wildman–Crippen MR) is 70.7 cm³/mol. The smallest absolute Gasteiger partial charge is 0.326 e. The Kier molecular flexibility index (Phi) is 5.80. The van der Waals surface area contributed by atoms with Crippen LogP contribution < -0.4 is 5.32 Å². The zero-order valence-corrected chi connectivity index (χ0v) is 12.4. The molecule has 19 heavy (non-hydrogen) atoms. The molecule has 0 fully saturated rings. The van der Waals surface area contributed by atoms with Gasteiger partial charge in [0.1, 0.15) is 12.6 Å². The van der Waals surface area contributed by atoms with E-state index >= 15 is 0 Å². The minimum Gasteiger partial charge on any atom is -0.480 e. The summed E-state index contributed by atoms with van der Waals surface area (Å²) in [5, 5.41) is 11.5. The van der Waals surface area contributed by atoms with Crippen LogP contribution >= 0.6 is 0 Å². The Morgan fingerprint density at radius 2 is 1.63 bits per heavy atom. The number of carbonyl (C=O) groups excluding carboxylic acids is 2. The highest BCUT2D eigenvalue weighted by molar-refractivity contribution is 5.86. The van der Waals surface area contributed by atoms with Gasteiger partial charge in [0.25, 0.3) is 0 Å². The van der Waals surface area contributed by atoms with Gasteiger partial charge in [-0.3, -0.25) is 4.79 Å². The van der Waals surface area contributed by atoms with E-state index in [2.05, 4.69) is 5.32 Å². The second-order valence-corrected chi connectivity index (χ2v) is 5.73. The number of nitrogens with zero attached hydrogens (tertiary/aromatic N) is 2. The molecule has 0 saturated carbocycles. The van der Waals surface area contributed by atoms with Crippen LogP contribution in [0.1, 0.15) is 20.8 Å². The van der Waals surface area contributed by atoms with Crippen LogP contribution in [0.15, 0.2) is 0 Å². The zero-order chi connectivity index (χ0) is 15.4. The monoisotopic (exact) mass is 273 g/mol. The van der Waals surface area contributed by atoms with Crippen molar-refractivity contribution in [3.05, 3.63) is 0 Å². The molecule has 7 heteroatoms. The number of carboxylic acids is 1. The molecule has 0 radical (unpaired) electrons. The molecule has 0 unspecified atom stereocenters. The number of carboxylic acid groups (broad SMARTS) is 1. The molecule has 2 N–H and O–H groups in total. The van der Waals surface area contributed by atoms with Crippen LogP contribution in [0.3, 0.4) is 0 Å². The topological polar surface area (TPSA) is 90.0 Å². The first-order valence-corrected chi connectivity index (χ1v) is 5.91. The summed E-state index contributed by atoms with van der Waals surface area (Å²) in [6.07, 6.45) is 0. The lowest BCUT2D eigenvalue weighted by molar-refractivity contribution is -0.141. The van der Waals surface area contributed by atoms with E-state index in [0.717, 1.165) is 4.90 Å². The molecule has 0 aliphatic rings. The van der Waals surface area contributed by atoms with Gasteiger partial charge in [-0.25, -0.2) is 9.59 Å². The quantitative estimate of drug-likeness (QED) is 0.766. The Hall–Kier alpha value is -1.79. The van der Waals surface area contributed by atoms with Gasteiger partial charge < -0.3 is 20.2 Å². The van der Waals surface area contributed by atoms with E-state index < -0.39 is 23.5 Å². The molecule has 0 rings (SSSR count). The molecule has 0 aliphatic heterocycles. The first kappa shape index (κ1) is 17.2. The number of amides is 3. The summed E-state index contributed by atoms with van der Waals surface area (Å²) in [7, 11) is 4.62. The number of nitrogens with one attached hydrogen (secondary N) is 1. The molecule has 0 aromatic rings. The molecular weight excluding hydrogens is 250 g/mol. The van der Waals surface area contributed by atoms with E-state index in [0.29, 0.717) is 0 Å². The summed E-state index contributed by atoms with van der Waals surface area (Å²) in [5.74, 6) is -1.34. The van der Waals surface area contributed by atoms with Crippen molar-refractivity contribution in [1.82, 2.24) is 15.1 Å². The van der Waals surface area contributed by atoms with Crippen LogP contribution in [0.25, 0.3) is 0 Å². The number of hydrogen-bond donors (Lipinski definition) is 2. The maximum absolute atomic E-state index is 11.8. The van der Waals surface area contributed by atoms with Gasteiger partial charge in [0.15, 0.2) is 0 Å². The van der Waals surface area contributed by atoms with Gasteiger partial charge >= 0.3 is 12.0 Å². The molecule has 0 aromatic carbocycles. The third kappa shape index (κ3) is 5.58. The molecule has 3 amide bonds. The lowest BCUT2D eigenvalue weighted by atomic mass is 9.87. The number of carbonyl (C=O) groups is 3. The summed E-state index contributed by atoms with van der Waals surface area (Å²) >= 11 is 0. The third-order valence-corrected chi connectivity index (χ3v) is 2.60. The summed E-state index contributed by atoms with van der Waals surface area (Å²) in [5.41, 5.74) is -0.617. The summed E-state index contributed by atoms with van der Waals surface area (Å²) < 4.78 is 0. The summed E-state index contributed by atoms with van der Waals surface area (Å²) in [6, 6.07) is -1.60. The molecule has 1 atom stereocenters. The fourth-order valence-corrected chi connectivity index (χ4v) is 1.30. The maximum atomic E-state index is 11.8. The van der Waals surface area contributed by atoms with Gasteiger partial charge in [-0.05, 0) is 5.41 Å². The van der Waals surface area contributed by atoms with E-state index in [1.54, 1.807) is 34.9 Å². The van der Waals surface area contributed by atoms with E-state index in [1.165, 1.54) is 11.9 Å². The van der Waals surface area contributed by atoms with Crippen LogP contribution in [0.4, 0.5) is 4.79 Å². The molecule has 0 saturated heterocycles. The minimum atomic E-state index is -1.10. The van der Waals surface area contributed by atoms with Crippen molar-refractivity contribution in [2.45, 2.75) is 26.8 Å². The highest BCUT2D eigenvalue weighted by atomic mass is 16.4. The Labute approximate surface area is 113 Å². The Morgan fingerprint density at radius 3 is 1.95 bits per heavy atom. The summed E-state index contributed by atoms with van der Waals surface area (Å²) in [4.78, 5) is 37.0. The second kappa shape index (κ2) is 6.40. The largest absolute Gasteiger partial charge is 0.480 e. The van der Waals surface area contributed by atoms with Crippen molar-refractivity contribution in [2.24, 2.45) is 5.41 Å². The lowest BCUT2D eigenvalue weighted by Crippen LogP contribution is -2.53. The van der Waals surface area contributed by atoms with Crippen LogP contribution in [-0.2, 0) is 9.59 Å². The van der Waals surface area contributed by atoms with Crippen LogP contribution in [0, 0.1) is 5.41 Å². The maximum Gasteiger partial charge on any atom is 0.326 e. The van der Waals surface area contributed by atoms with Crippen molar-refractivity contribution in [3.63, 3.8) is 0 Å². The van der Waals surface area contributed by atoms with Crippen LogP contribution in [0.2, 0.25) is 0 Å². The minimum absolute atomic E-state index is 0.102. The number of urea groups is 1. The molecule has 0 bridgehead atoms. The number of rotatable bonds is 4. The van der Waals surface area contributed by atoms with E-state index in [4.69, 9.17) is 5.11 Å². The standard InChI is InChI=1S/C12H23N3O4/c1-12(2,3)9(10(17)18)13-11(19)15(6)7-8(16)14(4)5/h9H,7H2,1-6H3,(H,13,19)(H,17,18)/t9-/m1/s1. The van der Waals surface area contributed by atoms with Crippen molar-refractivity contribution in [2.75, 3.05) is 27.7 Å². The molecule has 7 nitrogen and oxygen atoms in total. The third-order valence-electron chi connectivity index (χ3n) is 2.60. The van der Waals surface area contributed by atoms with Crippen LogP contribution in [0.5, 0.6) is 0 Å². The number of likely N-dealkylation sites (N-methyl/N-ethyl adjacent to an activating group) is 2. The van der Waals surface area contributed by atoms with Crippen molar-refractivity contribution >= 4 is 17.9 Å². The average Bonchev–Trinajstić information content (AvgIpc) is 2.22. The second-order valence-electron chi connectivity index (χ2n) is 5.73. The highest BCUT2D eigenvalue weighted by Gasteiger charge is 2.33. The van der Waals surface area contributed by atoms with E-state index in [9.17, 15) is 14.4 Å². The predicted octanol–water partition coefficient (Wildman–Crippen LogP) is 0.215. The normalized spacial score (nSPS) is 12.5. The van der Waals surface area contributed by atoms with E-state index in [1.807, 2.05) is 0 Å². The molecule has 0 aromatic heterocycles. The lowest BCUT2D eigenvalue weighted by Gasteiger charge is -2.29. The highest BCUT2D eigenvalue weighted by Crippen LogP contribution is 2.19. The van der Waals surface area contributed by atoms with Gasteiger partial charge in [-0.1, -0.05) is 20.8 Å². The Balaban J connectivity index is 4.66. The van der Waals surface area contributed by atoms with Crippen molar-refractivity contribution in [1.29, 1.82) is 0 Å². The van der Waals surface area contributed by atoms with Gasteiger partial charge in [0, 0.05) is 21.1 Å². The van der Waals surface area contributed by atoms with Gasteiger partial charge in [-0.2, -0.15) is 0 Å². The molecular formula is C12H23N3O4. The van der Waals surface area contributed by atoms with Gasteiger partial charge in [0.05, 0.1) is 0 Å². The first-order chi connectivity index (χ1) is 8.46. The Bertz CT molecular complexity index is 360. The number of hydrogen-bond acceptors (Lipinski definition) is 3. The fraction of sp³-hybridized carbons (Fsp3) is 0.750. The van der Waals surface area contributed by atoms with Gasteiger partial charge in [-0.15, -0.1) is 0 Å². The molecule has 0 spiro atoms. The zero-order valence-electron chi connectivity index (χ0n) is 12.4. The average molecular weight is 273 g/mol. The summed E-state index contributed by atoms with van der Waals surface area (Å²) in [6.45, 7) is 5.06. The van der Waals surface area contributed by atoms with Crippen LogP contribution in [-0.4, -0.2) is 66.5 Å². The van der Waals surface area contributed by atoms with Crippen molar-refractivity contribution < 1.29 is 19.5 Å². The fourth-order valence-electron chi connectivity index (χ4n) is 1.30. The molecule has 110 valence electrons. The van der Waals surface area contributed by atoms with Crippen molar-refractivity contribution in [3.8, 4) is 0 Å². The van der Waals surface area contributed by atoms with Gasteiger partial charge in [0.2, 0.25) is 5.91 Å². The van der Waals surface area contributed by atoms with E-state index in [-0.39, 0.29) is 12.5 Å². The molecule has 0 aliphatic carbocycles. The Morgan fingerprint density at radius 1 is 1.16 bits per heavy atom. The molecule has 0 heterocycles. The number of aliphatic carboxylic acids is 1. The first-order valence-electron chi connectivity index (χ1n) is 5.91.